The van der Waals surface area contributed by atoms with Gasteiger partial charge in [-0.2, -0.15) is 0 Å². The number of hydrogen-bond donors (Lipinski definition) is 2. The van der Waals surface area contributed by atoms with Crippen LogP contribution in [0.3, 0.4) is 0 Å². The first-order chi connectivity index (χ1) is 8.36. The molecule has 0 radical (unpaired) electrons. The first kappa shape index (κ1) is 11.0. The number of hydrogen-bond acceptors (Lipinski definition) is 2. The molecule has 4 nitrogen and oxygen atoms in total. The summed E-state index contributed by atoms with van der Waals surface area (Å²) in [4.78, 5) is 13.5. The molecule has 4 heteroatoms. The van der Waals surface area contributed by atoms with Crippen LogP contribution in [0.2, 0.25) is 0 Å². The summed E-state index contributed by atoms with van der Waals surface area (Å²) in [6, 6.07) is 14.8. The van der Waals surface area contributed by atoms with Crippen molar-refractivity contribution in [3.8, 4) is 11.3 Å². The highest BCUT2D eigenvalue weighted by Gasteiger charge is 1.99. The van der Waals surface area contributed by atoms with Crippen LogP contribution in [0.5, 0.6) is 0 Å². The van der Waals surface area contributed by atoms with Gasteiger partial charge in [-0.05, 0) is 12.1 Å². The monoisotopic (exact) mass is 228 g/mol. The summed E-state index contributed by atoms with van der Waals surface area (Å²) in [5.74, 6) is 0. The third kappa shape index (κ3) is 3.24. The van der Waals surface area contributed by atoms with Crippen LogP contribution in [0.15, 0.2) is 70.2 Å². The van der Waals surface area contributed by atoms with Crippen LogP contribution in [0.1, 0.15) is 0 Å². The maximum Gasteiger partial charge on any atom is 0.357 e. The zero-order chi connectivity index (χ0) is 11.9. The molecular formula is C13H12N2O2. The molecule has 1 aromatic carbocycles. The second-order valence-corrected chi connectivity index (χ2v) is 3.33. The molecular weight excluding hydrogens is 216 g/mol. The number of aromatic nitrogens is 2. The standard InChI is InChI=1S/C9H7NO2.C4H5N/c11-9-6-8(10-12-9)7-4-2-1-3-5-7;1-2-4-5-3-1/h1-6,10H;1-5H. The zero-order valence-corrected chi connectivity index (χ0v) is 9.09. The van der Waals surface area contributed by atoms with Crippen LogP contribution in [0.4, 0.5) is 0 Å². The zero-order valence-electron chi connectivity index (χ0n) is 9.09. The average Bonchev–Trinajstić information content (AvgIpc) is 3.04. The quantitative estimate of drug-likeness (QED) is 0.672. The number of rotatable bonds is 1. The van der Waals surface area contributed by atoms with E-state index in [4.69, 9.17) is 0 Å². The van der Waals surface area contributed by atoms with Gasteiger partial charge in [0.2, 0.25) is 0 Å². The Hall–Kier alpha value is -2.49. The van der Waals surface area contributed by atoms with Crippen LogP contribution in [-0.4, -0.2) is 10.1 Å². The Balaban J connectivity index is 0.000000181. The smallest absolute Gasteiger partial charge is 0.357 e. The van der Waals surface area contributed by atoms with E-state index in [1.54, 1.807) is 0 Å². The summed E-state index contributed by atoms with van der Waals surface area (Å²) in [7, 11) is 0. The predicted molar refractivity (Wildman–Crippen MR) is 65.6 cm³/mol. The Morgan fingerprint density at radius 2 is 1.65 bits per heavy atom. The van der Waals surface area contributed by atoms with Gasteiger partial charge in [-0.15, -0.1) is 0 Å². The number of nitrogens with one attached hydrogen (secondary N) is 2. The van der Waals surface area contributed by atoms with Crippen molar-refractivity contribution in [1.29, 1.82) is 0 Å². The van der Waals surface area contributed by atoms with Crippen molar-refractivity contribution in [2.45, 2.75) is 0 Å². The van der Waals surface area contributed by atoms with Gasteiger partial charge in [0.05, 0.1) is 11.8 Å². The molecule has 0 saturated carbocycles. The molecule has 0 aliphatic heterocycles. The number of H-pyrrole nitrogens is 2. The van der Waals surface area contributed by atoms with Crippen molar-refractivity contribution in [1.82, 2.24) is 10.1 Å². The van der Waals surface area contributed by atoms with E-state index in [2.05, 4.69) is 14.7 Å². The largest absolute Gasteiger partial charge is 0.368 e. The van der Waals surface area contributed by atoms with Gasteiger partial charge in [0.25, 0.3) is 0 Å². The maximum absolute atomic E-state index is 10.7. The lowest BCUT2D eigenvalue weighted by Gasteiger charge is -1.92. The molecule has 0 unspecified atom stereocenters. The van der Waals surface area contributed by atoms with E-state index in [-0.39, 0.29) is 5.63 Å². The summed E-state index contributed by atoms with van der Waals surface area (Å²) in [5, 5.41) is 2.53. The molecule has 0 spiro atoms. The second kappa shape index (κ2) is 5.55. The van der Waals surface area contributed by atoms with Crippen molar-refractivity contribution in [2.75, 3.05) is 0 Å². The summed E-state index contributed by atoms with van der Waals surface area (Å²) < 4.78 is 4.54. The van der Waals surface area contributed by atoms with E-state index in [1.165, 1.54) is 6.07 Å². The molecule has 2 heterocycles. The Morgan fingerprint density at radius 3 is 2.12 bits per heavy atom. The summed E-state index contributed by atoms with van der Waals surface area (Å²) in [6.07, 6.45) is 3.75. The van der Waals surface area contributed by atoms with E-state index in [0.29, 0.717) is 5.69 Å². The molecule has 0 aliphatic rings. The number of aromatic amines is 2. The Labute approximate surface area is 97.9 Å². The molecule has 0 fully saturated rings. The highest BCUT2D eigenvalue weighted by Crippen LogP contribution is 2.13. The maximum atomic E-state index is 10.7. The highest BCUT2D eigenvalue weighted by atomic mass is 16.5. The van der Waals surface area contributed by atoms with E-state index in [0.717, 1.165) is 5.56 Å². The number of benzene rings is 1. The van der Waals surface area contributed by atoms with Crippen LogP contribution in [0.25, 0.3) is 11.3 Å². The minimum absolute atomic E-state index is 0.353. The summed E-state index contributed by atoms with van der Waals surface area (Å²) >= 11 is 0. The van der Waals surface area contributed by atoms with Gasteiger partial charge in [0.1, 0.15) is 0 Å². The Kier molecular flexibility index (Phi) is 3.60. The Bertz CT molecular complexity index is 562. The van der Waals surface area contributed by atoms with E-state index in [9.17, 15) is 4.79 Å². The first-order valence-electron chi connectivity index (χ1n) is 5.18. The molecule has 3 rings (SSSR count). The van der Waals surface area contributed by atoms with Crippen molar-refractivity contribution in [3.63, 3.8) is 0 Å². The summed E-state index contributed by atoms with van der Waals surface area (Å²) in [5.41, 5.74) is 1.30. The topological polar surface area (TPSA) is 61.8 Å². The van der Waals surface area contributed by atoms with Crippen molar-refractivity contribution in [2.24, 2.45) is 0 Å². The van der Waals surface area contributed by atoms with Crippen LogP contribution in [-0.2, 0) is 0 Å². The lowest BCUT2D eigenvalue weighted by Crippen LogP contribution is -1.85. The molecule has 0 aliphatic carbocycles. The van der Waals surface area contributed by atoms with E-state index < -0.39 is 0 Å². The van der Waals surface area contributed by atoms with Gasteiger partial charge in [-0.1, -0.05) is 30.3 Å². The van der Waals surface area contributed by atoms with Gasteiger partial charge in [0.15, 0.2) is 0 Å². The summed E-state index contributed by atoms with van der Waals surface area (Å²) in [6.45, 7) is 0. The fourth-order valence-electron chi connectivity index (χ4n) is 1.32. The van der Waals surface area contributed by atoms with E-state index >= 15 is 0 Å². The fraction of sp³-hybridized carbons (Fsp3) is 0. The van der Waals surface area contributed by atoms with Gasteiger partial charge in [-0.3, -0.25) is 0 Å². The van der Waals surface area contributed by atoms with Crippen LogP contribution < -0.4 is 5.63 Å². The molecule has 3 aromatic rings. The van der Waals surface area contributed by atoms with Crippen LogP contribution in [0, 0.1) is 0 Å². The third-order valence-corrected chi connectivity index (χ3v) is 2.10. The van der Waals surface area contributed by atoms with Gasteiger partial charge in [-0.25, -0.2) is 9.95 Å². The van der Waals surface area contributed by atoms with E-state index in [1.807, 2.05) is 54.9 Å². The third-order valence-electron chi connectivity index (χ3n) is 2.10. The average molecular weight is 228 g/mol. The van der Waals surface area contributed by atoms with Crippen molar-refractivity contribution in [3.05, 3.63) is 71.3 Å². The van der Waals surface area contributed by atoms with Crippen LogP contribution >= 0.6 is 0 Å². The SMILES string of the molecule is O=c1cc(-c2ccccc2)[nH]o1.c1cc[nH]c1. The lowest BCUT2D eigenvalue weighted by molar-refractivity contribution is 0.394. The van der Waals surface area contributed by atoms with Crippen molar-refractivity contribution < 1.29 is 4.52 Å². The minimum Gasteiger partial charge on any atom is -0.368 e. The lowest BCUT2D eigenvalue weighted by atomic mass is 10.2. The molecule has 17 heavy (non-hydrogen) atoms. The van der Waals surface area contributed by atoms with Gasteiger partial charge in [0, 0.05) is 18.0 Å². The molecule has 86 valence electrons. The Morgan fingerprint density at radius 1 is 0.941 bits per heavy atom. The minimum atomic E-state index is -0.353. The highest BCUT2D eigenvalue weighted by molar-refractivity contribution is 5.57. The van der Waals surface area contributed by atoms with Gasteiger partial charge < -0.3 is 9.51 Å². The fourth-order valence-corrected chi connectivity index (χ4v) is 1.32. The molecule has 0 atom stereocenters. The normalized spacial score (nSPS) is 9.41. The first-order valence-corrected chi connectivity index (χ1v) is 5.18. The molecule has 0 bridgehead atoms. The van der Waals surface area contributed by atoms with Gasteiger partial charge >= 0.3 is 5.63 Å². The molecule has 2 aromatic heterocycles. The second-order valence-electron chi connectivity index (χ2n) is 3.33. The molecule has 2 N–H and O–H groups in total. The van der Waals surface area contributed by atoms with Crippen molar-refractivity contribution >= 4 is 0 Å². The predicted octanol–water partition coefficient (Wildman–Crippen LogP) is 2.65. The molecule has 0 saturated heterocycles. The molecule has 0 amide bonds.